The van der Waals surface area contributed by atoms with Gasteiger partial charge in [-0.2, -0.15) is 0 Å². The summed E-state index contributed by atoms with van der Waals surface area (Å²) in [4.78, 5) is 0. The van der Waals surface area contributed by atoms with Crippen LogP contribution in [0.3, 0.4) is 0 Å². The van der Waals surface area contributed by atoms with Crippen molar-refractivity contribution in [3.8, 4) is 5.75 Å². The van der Waals surface area contributed by atoms with Gasteiger partial charge >= 0.3 is 0 Å². The largest absolute Gasteiger partial charge is 0.497 e. The van der Waals surface area contributed by atoms with Crippen LogP contribution < -0.4 is 16.0 Å². The topological polar surface area (TPSA) is 67.5 Å². The van der Waals surface area contributed by atoms with E-state index < -0.39 is 0 Å². The molecule has 0 saturated heterocycles. The monoisotopic (exact) mass is 196 g/mol. The molecule has 4 nitrogen and oxygen atoms in total. The molecule has 0 aromatic heterocycles. The van der Waals surface area contributed by atoms with E-state index in [2.05, 4.69) is 5.43 Å². The molecular weight excluding hydrogens is 180 g/mol. The minimum atomic E-state index is 0.0332. The Morgan fingerprint density at radius 3 is 2.50 bits per heavy atom. The number of rotatable bonds is 5. The Hall–Kier alpha value is -1.10. The average molecular weight is 196 g/mol. The minimum absolute atomic E-state index is 0.0332. The number of benzene rings is 1. The molecule has 1 aromatic rings. The summed E-state index contributed by atoms with van der Waals surface area (Å²) in [7, 11) is 1.62. The first kappa shape index (κ1) is 11.0. The highest BCUT2D eigenvalue weighted by Gasteiger charge is 2.08. The molecular formula is C10H16N2O2. The van der Waals surface area contributed by atoms with Crippen molar-refractivity contribution < 1.29 is 9.84 Å². The van der Waals surface area contributed by atoms with Crippen LogP contribution in [0.2, 0.25) is 0 Å². The summed E-state index contributed by atoms with van der Waals surface area (Å²) in [6.07, 6.45) is 0. The third-order valence-electron chi connectivity index (χ3n) is 2.17. The number of nitrogens with two attached hydrogens (primary N) is 1. The molecule has 78 valence electrons. The fourth-order valence-electron chi connectivity index (χ4n) is 1.31. The number of ether oxygens (including phenoxy) is 1. The lowest BCUT2D eigenvalue weighted by Gasteiger charge is -2.13. The van der Waals surface area contributed by atoms with Crippen molar-refractivity contribution in [2.24, 2.45) is 5.84 Å². The van der Waals surface area contributed by atoms with E-state index in [-0.39, 0.29) is 12.5 Å². The average Bonchev–Trinajstić information content (AvgIpc) is 2.26. The van der Waals surface area contributed by atoms with E-state index in [4.69, 9.17) is 15.7 Å². The van der Waals surface area contributed by atoms with Gasteiger partial charge in [0, 0.05) is 12.5 Å². The molecule has 4 N–H and O–H groups in total. The smallest absolute Gasteiger partial charge is 0.118 e. The number of aliphatic hydroxyl groups excluding tert-OH is 1. The van der Waals surface area contributed by atoms with Crippen LogP contribution in [0.4, 0.5) is 0 Å². The highest BCUT2D eigenvalue weighted by atomic mass is 16.5. The van der Waals surface area contributed by atoms with Crippen LogP contribution in [-0.2, 0) is 0 Å². The lowest BCUT2D eigenvalue weighted by Crippen LogP contribution is -2.29. The van der Waals surface area contributed by atoms with Crippen LogP contribution in [0.1, 0.15) is 11.5 Å². The zero-order chi connectivity index (χ0) is 10.4. The zero-order valence-corrected chi connectivity index (χ0v) is 8.23. The first-order valence-electron chi connectivity index (χ1n) is 4.50. The highest BCUT2D eigenvalue weighted by molar-refractivity contribution is 5.29. The molecule has 4 heteroatoms. The summed E-state index contributed by atoms with van der Waals surface area (Å²) in [5, 5.41) is 9.11. The number of aliphatic hydroxyl groups is 1. The van der Waals surface area contributed by atoms with Crippen molar-refractivity contribution in [3.63, 3.8) is 0 Å². The highest BCUT2D eigenvalue weighted by Crippen LogP contribution is 2.18. The fourth-order valence-corrected chi connectivity index (χ4v) is 1.31. The molecule has 0 bridgehead atoms. The van der Waals surface area contributed by atoms with E-state index in [0.717, 1.165) is 11.3 Å². The summed E-state index contributed by atoms with van der Waals surface area (Å²) in [5.74, 6) is 6.06. The van der Waals surface area contributed by atoms with Crippen LogP contribution in [0.15, 0.2) is 24.3 Å². The van der Waals surface area contributed by atoms with Gasteiger partial charge in [-0.3, -0.25) is 11.3 Å². The third kappa shape index (κ3) is 2.70. The number of hydrogen-bond donors (Lipinski definition) is 3. The predicted octanol–water partition coefficient (Wildman–Crippen LogP) is 0.234. The molecule has 0 aliphatic carbocycles. The zero-order valence-electron chi connectivity index (χ0n) is 8.23. The van der Waals surface area contributed by atoms with Gasteiger partial charge in [0.25, 0.3) is 0 Å². The second-order valence-corrected chi connectivity index (χ2v) is 3.06. The van der Waals surface area contributed by atoms with Gasteiger partial charge in [0.2, 0.25) is 0 Å². The van der Waals surface area contributed by atoms with Crippen LogP contribution in [-0.4, -0.2) is 25.4 Å². The maximum Gasteiger partial charge on any atom is 0.118 e. The molecule has 0 radical (unpaired) electrons. The molecule has 1 atom stereocenters. The molecule has 0 aliphatic rings. The Labute approximate surface area is 83.7 Å². The van der Waals surface area contributed by atoms with Gasteiger partial charge < -0.3 is 9.84 Å². The maximum atomic E-state index is 9.11. The number of hydrazine groups is 1. The number of nitrogens with one attached hydrogen (secondary N) is 1. The normalized spacial score (nSPS) is 12.5. The van der Waals surface area contributed by atoms with Crippen molar-refractivity contribution in [2.45, 2.75) is 5.92 Å². The van der Waals surface area contributed by atoms with Gasteiger partial charge in [-0.1, -0.05) is 12.1 Å². The molecule has 1 unspecified atom stereocenters. The van der Waals surface area contributed by atoms with Gasteiger partial charge in [-0.25, -0.2) is 0 Å². The van der Waals surface area contributed by atoms with E-state index in [1.165, 1.54) is 0 Å². The Morgan fingerprint density at radius 1 is 1.43 bits per heavy atom. The molecule has 1 aromatic carbocycles. The van der Waals surface area contributed by atoms with Crippen molar-refractivity contribution >= 4 is 0 Å². The summed E-state index contributed by atoms with van der Waals surface area (Å²) >= 11 is 0. The van der Waals surface area contributed by atoms with Crippen molar-refractivity contribution in [1.29, 1.82) is 0 Å². The summed E-state index contributed by atoms with van der Waals surface area (Å²) in [6.45, 7) is 0.638. The summed E-state index contributed by atoms with van der Waals surface area (Å²) in [5.41, 5.74) is 3.60. The first-order chi connectivity index (χ1) is 6.81. The van der Waals surface area contributed by atoms with E-state index in [0.29, 0.717) is 6.54 Å². The first-order valence-corrected chi connectivity index (χ1v) is 4.50. The lowest BCUT2D eigenvalue weighted by atomic mass is 10.0. The molecule has 14 heavy (non-hydrogen) atoms. The number of hydrogen-bond acceptors (Lipinski definition) is 4. The van der Waals surface area contributed by atoms with Crippen LogP contribution in [0, 0.1) is 0 Å². The second-order valence-electron chi connectivity index (χ2n) is 3.06. The summed E-state index contributed by atoms with van der Waals surface area (Å²) in [6, 6.07) is 7.59. The SMILES string of the molecule is COc1ccc(C(CO)CNN)cc1. The Morgan fingerprint density at radius 2 is 2.07 bits per heavy atom. The van der Waals surface area contributed by atoms with Gasteiger partial charge in [0.1, 0.15) is 5.75 Å². The van der Waals surface area contributed by atoms with Gasteiger partial charge in [0.15, 0.2) is 0 Å². The van der Waals surface area contributed by atoms with Crippen LogP contribution >= 0.6 is 0 Å². The molecule has 0 amide bonds. The third-order valence-corrected chi connectivity index (χ3v) is 2.17. The second kappa shape index (κ2) is 5.59. The van der Waals surface area contributed by atoms with E-state index in [9.17, 15) is 0 Å². The van der Waals surface area contributed by atoms with Crippen LogP contribution in [0.25, 0.3) is 0 Å². The van der Waals surface area contributed by atoms with Crippen molar-refractivity contribution in [1.82, 2.24) is 5.43 Å². The lowest BCUT2D eigenvalue weighted by molar-refractivity contribution is 0.262. The molecule has 1 rings (SSSR count). The quantitative estimate of drug-likeness (QED) is 0.466. The van der Waals surface area contributed by atoms with E-state index in [1.54, 1.807) is 7.11 Å². The predicted molar refractivity (Wildman–Crippen MR) is 55.0 cm³/mol. The van der Waals surface area contributed by atoms with Gasteiger partial charge in [-0.05, 0) is 17.7 Å². The van der Waals surface area contributed by atoms with Crippen molar-refractivity contribution in [3.05, 3.63) is 29.8 Å². The Balaban J connectivity index is 2.73. The Bertz CT molecular complexity index is 261. The van der Waals surface area contributed by atoms with E-state index >= 15 is 0 Å². The number of methoxy groups -OCH3 is 1. The minimum Gasteiger partial charge on any atom is -0.497 e. The Kier molecular flexibility index (Phi) is 4.39. The summed E-state index contributed by atoms with van der Waals surface area (Å²) < 4.78 is 5.04. The van der Waals surface area contributed by atoms with Gasteiger partial charge in [0.05, 0.1) is 13.7 Å². The van der Waals surface area contributed by atoms with Crippen LogP contribution in [0.5, 0.6) is 5.75 Å². The van der Waals surface area contributed by atoms with Gasteiger partial charge in [-0.15, -0.1) is 0 Å². The van der Waals surface area contributed by atoms with Crippen molar-refractivity contribution in [2.75, 3.05) is 20.3 Å². The standard InChI is InChI=1S/C10H16N2O2/c1-14-10-4-2-8(3-5-10)9(7-13)6-12-11/h2-5,9,12-13H,6-7,11H2,1H3. The molecule has 0 aliphatic heterocycles. The molecule has 0 heterocycles. The molecule has 0 saturated carbocycles. The maximum absolute atomic E-state index is 9.11. The van der Waals surface area contributed by atoms with E-state index in [1.807, 2.05) is 24.3 Å². The fraction of sp³-hybridized carbons (Fsp3) is 0.400. The molecule has 0 spiro atoms. The molecule has 0 fully saturated rings.